The van der Waals surface area contributed by atoms with Crippen molar-refractivity contribution in [3.8, 4) is 11.8 Å². The van der Waals surface area contributed by atoms with Crippen molar-refractivity contribution < 1.29 is 5.11 Å². The van der Waals surface area contributed by atoms with Crippen LogP contribution in [0.15, 0.2) is 34.5 Å². The number of hydrogen-bond donors (Lipinski definition) is 1. The van der Waals surface area contributed by atoms with Crippen LogP contribution in [0, 0.1) is 11.8 Å². The van der Waals surface area contributed by atoms with E-state index < -0.39 is 0 Å². The fourth-order valence-corrected chi connectivity index (χ4v) is 3.63. The molecule has 20 heavy (non-hydrogen) atoms. The third kappa shape index (κ3) is 4.73. The minimum Gasteiger partial charge on any atom is -0.395 e. The summed E-state index contributed by atoms with van der Waals surface area (Å²) < 4.78 is 0. The van der Waals surface area contributed by atoms with E-state index in [1.807, 2.05) is 23.6 Å². The molecule has 2 rings (SSSR count). The largest absolute Gasteiger partial charge is 0.395 e. The lowest BCUT2D eigenvalue weighted by Crippen LogP contribution is -1.77. The van der Waals surface area contributed by atoms with Gasteiger partial charge in [-0.25, -0.2) is 0 Å². The second-order valence-corrected chi connectivity index (χ2v) is 6.80. The molecule has 0 radical (unpaired) electrons. The van der Waals surface area contributed by atoms with E-state index in [1.165, 1.54) is 4.88 Å². The number of aliphatic hydroxyl groups excluding tert-OH is 1. The number of thiophene rings is 1. The van der Waals surface area contributed by atoms with E-state index in [0.717, 1.165) is 16.2 Å². The summed E-state index contributed by atoms with van der Waals surface area (Å²) in [6.07, 6.45) is 0.517. The van der Waals surface area contributed by atoms with E-state index in [9.17, 15) is 0 Å². The molecule has 0 aliphatic heterocycles. The van der Waals surface area contributed by atoms with Crippen molar-refractivity contribution in [2.45, 2.75) is 17.1 Å². The molecule has 1 nitrogen and oxygen atoms in total. The maximum absolute atomic E-state index is 8.68. The van der Waals surface area contributed by atoms with Gasteiger partial charge in [-0.1, -0.05) is 35.0 Å². The van der Waals surface area contributed by atoms with Crippen LogP contribution in [0.1, 0.15) is 16.9 Å². The van der Waals surface area contributed by atoms with Crippen LogP contribution in [0.25, 0.3) is 0 Å². The van der Waals surface area contributed by atoms with Crippen molar-refractivity contribution in [2.75, 3.05) is 6.61 Å². The first kappa shape index (κ1) is 15.8. The van der Waals surface area contributed by atoms with Crippen molar-refractivity contribution in [1.82, 2.24) is 0 Å². The fraction of sp³-hybridized carbons (Fsp3) is 0.200. The molecular formula is C15H12Cl2OS2. The molecule has 0 atom stereocenters. The first-order valence-corrected chi connectivity index (χ1v) is 8.56. The lowest BCUT2D eigenvalue weighted by molar-refractivity contribution is 0.305. The Morgan fingerprint density at radius 3 is 2.80 bits per heavy atom. The smallest absolute Gasteiger partial charge is 0.0603 e. The Hall–Kier alpha value is -0.630. The highest BCUT2D eigenvalue weighted by Gasteiger charge is 2.02. The summed E-state index contributed by atoms with van der Waals surface area (Å²) >= 11 is 15.3. The summed E-state index contributed by atoms with van der Waals surface area (Å²) in [7, 11) is 0. The molecule has 0 fully saturated rings. The van der Waals surface area contributed by atoms with Crippen LogP contribution in [0.3, 0.4) is 0 Å². The summed E-state index contributed by atoms with van der Waals surface area (Å²) in [5.74, 6) is 6.83. The van der Waals surface area contributed by atoms with Gasteiger partial charge in [0.1, 0.15) is 0 Å². The predicted octanol–water partition coefficient (Wildman–Crippen LogP) is 5.08. The van der Waals surface area contributed by atoms with Gasteiger partial charge in [-0.15, -0.1) is 23.1 Å². The SMILES string of the molecule is OCCC#Cc1csc(CSc2ccc(Cl)c(Cl)c2)c1. The van der Waals surface area contributed by atoms with Crippen LogP contribution in [-0.2, 0) is 5.75 Å². The minimum atomic E-state index is 0.108. The van der Waals surface area contributed by atoms with Crippen molar-refractivity contribution in [2.24, 2.45) is 0 Å². The van der Waals surface area contributed by atoms with Gasteiger partial charge in [-0.05, 0) is 24.3 Å². The van der Waals surface area contributed by atoms with Gasteiger partial charge < -0.3 is 5.11 Å². The van der Waals surface area contributed by atoms with Crippen LogP contribution in [0.4, 0.5) is 0 Å². The Morgan fingerprint density at radius 1 is 1.20 bits per heavy atom. The summed E-state index contributed by atoms with van der Waals surface area (Å²) in [6.45, 7) is 0.108. The number of halogens is 2. The van der Waals surface area contributed by atoms with E-state index in [-0.39, 0.29) is 6.61 Å². The van der Waals surface area contributed by atoms with Gasteiger partial charge in [0.25, 0.3) is 0 Å². The molecule has 2 aromatic rings. The summed E-state index contributed by atoms with van der Waals surface area (Å²) in [5, 5.41) is 11.9. The second kappa shape index (κ2) is 7.97. The number of benzene rings is 1. The Labute approximate surface area is 136 Å². The number of hydrogen-bond acceptors (Lipinski definition) is 3. The average molecular weight is 343 g/mol. The highest BCUT2D eigenvalue weighted by molar-refractivity contribution is 7.98. The van der Waals surface area contributed by atoms with E-state index in [2.05, 4.69) is 17.9 Å². The van der Waals surface area contributed by atoms with Crippen molar-refractivity contribution in [3.05, 3.63) is 50.1 Å². The van der Waals surface area contributed by atoms with Gasteiger partial charge in [-0.2, -0.15) is 0 Å². The topological polar surface area (TPSA) is 20.2 Å². The molecule has 0 amide bonds. The van der Waals surface area contributed by atoms with Gasteiger partial charge in [0.05, 0.1) is 16.7 Å². The summed E-state index contributed by atoms with van der Waals surface area (Å²) in [5.41, 5.74) is 1.01. The molecule has 0 bridgehead atoms. The lowest BCUT2D eigenvalue weighted by Gasteiger charge is -2.01. The third-order valence-corrected chi connectivity index (χ3v) is 5.30. The Morgan fingerprint density at radius 2 is 2.05 bits per heavy atom. The van der Waals surface area contributed by atoms with Crippen LogP contribution in [0.2, 0.25) is 10.0 Å². The molecule has 5 heteroatoms. The molecule has 1 aromatic heterocycles. The monoisotopic (exact) mass is 342 g/mol. The molecule has 0 saturated carbocycles. The maximum Gasteiger partial charge on any atom is 0.0603 e. The van der Waals surface area contributed by atoms with Gasteiger partial charge in [0.15, 0.2) is 0 Å². The van der Waals surface area contributed by atoms with E-state index in [4.69, 9.17) is 28.3 Å². The highest BCUT2D eigenvalue weighted by Crippen LogP contribution is 2.31. The molecule has 0 saturated heterocycles. The van der Waals surface area contributed by atoms with Crippen molar-refractivity contribution in [1.29, 1.82) is 0 Å². The van der Waals surface area contributed by atoms with Gasteiger partial charge in [-0.3, -0.25) is 0 Å². The first-order valence-electron chi connectivity index (χ1n) is 5.94. The molecule has 1 heterocycles. The standard InChI is InChI=1S/C15H12Cl2OS2/c16-14-5-4-12(8-15(14)17)20-10-13-7-11(9-19-13)3-1-2-6-18/h4-5,7-9,18H,2,6,10H2. The molecule has 1 aromatic carbocycles. The van der Waals surface area contributed by atoms with Crippen LogP contribution < -0.4 is 0 Å². The number of thioether (sulfide) groups is 1. The Balaban J connectivity index is 1.94. The summed E-state index contributed by atoms with van der Waals surface area (Å²) in [6, 6.07) is 7.74. The third-order valence-electron chi connectivity index (χ3n) is 2.40. The molecule has 0 aliphatic rings. The predicted molar refractivity (Wildman–Crippen MR) is 88.9 cm³/mol. The Kier molecular flexibility index (Phi) is 6.28. The fourth-order valence-electron chi connectivity index (χ4n) is 1.46. The zero-order chi connectivity index (χ0) is 14.4. The first-order chi connectivity index (χ1) is 9.69. The minimum absolute atomic E-state index is 0.108. The van der Waals surface area contributed by atoms with Crippen LogP contribution in [-0.4, -0.2) is 11.7 Å². The molecule has 0 spiro atoms. The van der Waals surface area contributed by atoms with E-state index in [1.54, 1.807) is 23.1 Å². The van der Waals surface area contributed by atoms with Gasteiger partial charge in [0.2, 0.25) is 0 Å². The Bertz CT molecular complexity index is 641. The zero-order valence-corrected chi connectivity index (χ0v) is 13.7. The van der Waals surface area contributed by atoms with Crippen molar-refractivity contribution in [3.63, 3.8) is 0 Å². The van der Waals surface area contributed by atoms with E-state index >= 15 is 0 Å². The van der Waals surface area contributed by atoms with E-state index in [0.29, 0.717) is 16.5 Å². The maximum atomic E-state index is 8.68. The molecule has 104 valence electrons. The number of aliphatic hydroxyl groups is 1. The van der Waals surface area contributed by atoms with Crippen LogP contribution in [0.5, 0.6) is 0 Å². The molecule has 0 aliphatic carbocycles. The van der Waals surface area contributed by atoms with Gasteiger partial charge >= 0.3 is 0 Å². The molecule has 0 unspecified atom stereocenters. The van der Waals surface area contributed by atoms with Gasteiger partial charge in [0, 0.05) is 32.9 Å². The normalized spacial score (nSPS) is 10.2. The highest BCUT2D eigenvalue weighted by atomic mass is 35.5. The van der Waals surface area contributed by atoms with Crippen molar-refractivity contribution >= 4 is 46.3 Å². The quantitative estimate of drug-likeness (QED) is 0.617. The second-order valence-electron chi connectivity index (χ2n) is 3.94. The van der Waals surface area contributed by atoms with Crippen LogP contribution >= 0.6 is 46.3 Å². The average Bonchev–Trinajstić information content (AvgIpc) is 2.88. The number of rotatable bonds is 4. The molecule has 1 N–H and O–H groups in total. The zero-order valence-electron chi connectivity index (χ0n) is 10.5. The lowest BCUT2D eigenvalue weighted by atomic mass is 10.3. The molecular weight excluding hydrogens is 331 g/mol. The summed E-state index contributed by atoms with van der Waals surface area (Å²) in [4.78, 5) is 2.36.